The number of nitrogens with zero attached hydrogens (tertiary/aromatic N) is 1. The van der Waals surface area contributed by atoms with Crippen LogP contribution in [0.25, 0.3) is 64.0 Å². The van der Waals surface area contributed by atoms with E-state index in [1.54, 1.807) is 6.07 Å². The number of anilines is 3. The molecule has 5 heteroatoms. The molecule has 0 saturated carbocycles. The Kier molecular flexibility index (Phi) is 6.14. The van der Waals surface area contributed by atoms with Gasteiger partial charge in [0.2, 0.25) is 0 Å². The first-order valence-corrected chi connectivity index (χ1v) is 16.3. The lowest BCUT2D eigenvalue weighted by Crippen LogP contribution is -2.10. The number of para-hydroxylation sites is 1. The highest BCUT2D eigenvalue weighted by Gasteiger charge is 2.20. The molecule has 7 aromatic carbocycles. The minimum atomic E-state index is 0.615. The second-order valence-corrected chi connectivity index (χ2v) is 13.2. The van der Waals surface area contributed by atoms with Crippen LogP contribution in [0.4, 0.5) is 17.1 Å². The zero-order chi connectivity index (χ0) is 30.1. The Labute approximate surface area is 273 Å². The topological polar surface area (TPSA) is 16.4 Å². The molecule has 0 aliphatic heterocycles. The van der Waals surface area contributed by atoms with E-state index in [2.05, 4.69) is 114 Å². The maximum absolute atomic E-state index is 6.45. The van der Waals surface area contributed by atoms with Gasteiger partial charge in [-0.25, -0.2) is 0 Å². The maximum Gasteiger partial charge on any atom is 0.135 e. The van der Waals surface area contributed by atoms with Gasteiger partial charge < -0.3 is 9.32 Å². The van der Waals surface area contributed by atoms with Crippen molar-refractivity contribution in [2.24, 2.45) is 0 Å². The van der Waals surface area contributed by atoms with Crippen LogP contribution in [0.15, 0.2) is 144 Å². The molecule has 2 nitrogen and oxygen atoms in total. The highest BCUT2D eigenvalue weighted by atomic mass is 35.5. The minimum Gasteiger partial charge on any atom is -0.456 e. The number of halogens is 2. The Bertz CT molecular complexity index is 2460. The first-order valence-electron chi connectivity index (χ1n) is 14.7. The van der Waals surface area contributed by atoms with Crippen LogP contribution >= 0.6 is 34.5 Å². The van der Waals surface area contributed by atoms with Crippen molar-refractivity contribution in [1.29, 1.82) is 0 Å². The number of hydrogen-bond acceptors (Lipinski definition) is 3. The second kappa shape index (κ2) is 10.4. The Hall–Kier alpha value is -4.80. The van der Waals surface area contributed by atoms with Crippen molar-refractivity contribution in [2.75, 3.05) is 4.90 Å². The van der Waals surface area contributed by atoms with Gasteiger partial charge in [-0.15, -0.1) is 11.3 Å². The van der Waals surface area contributed by atoms with E-state index >= 15 is 0 Å². The van der Waals surface area contributed by atoms with E-state index in [1.165, 1.54) is 20.2 Å². The molecule has 2 aromatic heterocycles. The number of hydrogen-bond donors (Lipinski definition) is 0. The monoisotopic (exact) mass is 635 g/mol. The van der Waals surface area contributed by atoms with E-state index in [4.69, 9.17) is 27.6 Å². The van der Waals surface area contributed by atoms with Crippen LogP contribution in [0.5, 0.6) is 0 Å². The van der Waals surface area contributed by atoms with Crippen LogP contribution in [0.3, 0.4) is 0 Å². The lowest BCUT2D eigenvalue weighted by atomic mass is 9.96. The Balaban J connectivity index is 1.33. The molecule has 2 heterocycles. The molecule has 0 fully saturated rings. The van der Waals surface area contributed by atoms with Gasteiger partial charge in [0.05, 0.1) is 5.69 Å². The number of rotatable bonds is 4. The molecule has 0 saturated heterocycles. The van der Waals surface area contributed by atoms with E-state index in [9.17, 15) is 0 Å². The van der Waals surface area contributed by atoms with Crippen LogP contribution in [0.1, 0.15) is 0 Å². The third-order valence-electron chi connectivity index (χ3n) is 8.55. The molecule has 0 bridgehead atoms. The number of fused-ring (bicyclic) bond motifs is 7. The molecular weight excluding hydrogens is 613 g/mol. The molecule has 0 spiro atoms. The fourth-order valence-electron chi connectivity index (χ4n) is 6.57. The molecule has 0 aliphatic rings. The number of benzene rings is 7. The molecule has 45 heavy (non-hydrogen) atoms. The van der Waals surface area contributed by atoms with Crippen LogP contribution in [0, 0.1) is 0 Å². The quantitative estimate of drug-likeness (QED) is 0.191. The van der Waals surface area contributed by atoms with Crippen molar-refractivity contribution < 1.29 is 4.42 Å². The normalized spacial score (nSPS) is 11.8. The molecule has 0 unspecified atom stereocenters. The Morgan fingerprint density at radius 3 is 1.91 bits per heavy atom. The molecular formula is C40H23Cl2NOS. The van der Waals surface area contributed by atoms with Crippen molar-refractivity contribution in [3.05, 3.63) is 150 Å². The Morgan fingerprint density at radius 1 is 0.467 bits per heavy atom. The van der Waals surface area contributed by atoms with Crippen molar-refractivity contribution in [3.63, 3.8) is 0 Å². The van der Waals surface area contributed by atoms with E-state index in [1.807, 2.05) is 35.6 Å². The van der Waals surface area contributed by atoms with E-state index in [0.29, 0.717) is 10.0 Å². The smallest absolute Gasteiger partial charge is 0.135 e. The maximum atomic E-state index is 6.45. The zero-order valence-electron chi connectivity index (χ0n) is 23.8. The van der Waals surface area contributed by atoms with Crippen LogP contribution in [-0.2, 0) is 0 Å². The fraction of sp³-hybridized carbons (Fsp3) is 0. The highest BCUT2D eigenvalue weighted by Crippen LogP contribution is 2.46. The van der Waals surface area contributed by atoms with Gasteiger partial charge in [-0.2, -0.15) is 0 Å². The summed E-state index contributed by atoms with van der Waals surface area (Å²) < 4.78 is 8.77. The molecule has 0 atom stereocenters. The van der Waals surface area contributed by atoms with Gasteiger partial charge in [-0.3, -0.25) is 0 Å². The highest BCUT2D eigenvalue weighted by molar-refractivity contribution is 7.25. The first-order chi connectivity index (χ1) is 22.1. The molecule has 0 N–H and O–H groups in total. The summed E-state index contributed by atoms with van der Waals surface area (Å²) in [5.74, 6) is 0. The van der Waals surface area contributed by atoms with Gasteiger partial charge in [0.15, 0.2) is 0 Å². The lowest BCUT2D eigenvalue weighted by molar-refractivity contribution is 0.669. The minimum absolute atomic E-state index is 0.615. The van der Waals surface area contributed by atoms with Crippen LogP contribution < -0.4 is 4.90 Å². The predicted octanol–water partition coefficient (Wildman–Crippen LogP) is 13.6. The van der Waals surface area contributed by atoms with Crippen molar-refractivity contribution in [2.45, 2.75) is 0 Å². The summed E-state index contributed by atoms with van der Waals surface area (Å²) >= 11 is 14.7. The standard InChI is InChI=1S/C40H23Cl2NOS/c41-25-19-24(20-26(42)21-25)29-15-16-36(31-8-2-1-7-30(29)31)43(27-13-17-38-34(22-27)32-9-3-5-11-37(32)44-38)28-14-18-40-35(23-28)33-10-4-6-12-39(33)45-40/h1-23H. The molecule has 0 aliphatic carbocycles. The zero-order valence-corrected chi connectivity index (χ0v) is 26.1. The number of furan rings is 1. The van der Waals surface area contributed by atoms with E-state index < -0.39 is 0 Å². The summed E-state index contributed by atoms with van der Waals surface area (Å²) in [7, 11) is 0. The van der Waals surface area contributed by atoms with Crippen LogP contribution in [0.2, 0.25) is 10.0 Å². The summed E-state index contributed by atoms with van der Waals surface area (Å²) in [5, 5.41) is 8.19. The lowest BCUT2D eigenvalue weighted by Gasteiger charge is -2.28. The largest absolute Gasteiger partial charge is 0.456 e. The third kappa shape index (κ3) is 4.39. The van der Waals surface area contributed by atoms with Crippen LogP contribution in [-0.4, -0.2) is 0 Å². The van der Waals surface area contributed by atoms with Gasteiger partial charge in [-0.05, 0) is 89.3 Å². The fourth-order valence-corrected chi connectivity index (χ4v) is 8.19. The summed E-state index contributed by atoms with van der Waals surface area (Å²) in [6.07, 6.45) is 0. The van der Waals surface area contributed by atoms with E-state index in [0.717, 1.165) is 60.9 Å². The van der Waals surface area contributed by atoms with E-state index in [-0.39, 0.29) is 0 Å². The van der Waals surface area contributed by atoms with Crippen molar-refractivity contribution in [1.82, 2.24) is 0 Å². The summed E-state index contributed by atoms with van der Waals surface area (Å²) in [4.78, 5) is 2.37. The molecule has 9 aromatic rings. The van der Waals surface area contributed by atoms with Gasteiger partial charge in [0, 0.05) is 57.8 Å². The summed E-state index contributed by atoms with van der Waals surface area (Å²) in [6.45, 7) is 0. The average Bonchev–Trinajstić information content (AvgIpc) is 3.62. The molecule has 9 rings (SSSR count). The van der Waals surface area contributed by atoms with Crippen molar-refractivity contribution in [3.8, 4) is 11.1 Å². The SMILES string of the molecule is Clc1cc(Cl)cc(-c2ccc(N(c3ccc4oc5ccccc5c4c3)c3ccc4sc5ccccc5c4c3)c3ccccc23)c1. The predicted molar refractivity (Wildman–Crippen MR) is 194 cm³/mol. The van der Waals surface area contributed by atoms with Gasteiger partial charge in [0.25, 0.3) is 0 Å². The first kappa shape index (κ1) is 26.6. The van der Waals surface area contributed by atoms with Gasteiger partial charge in [0.1, 0.15) is 11.2 Å². The van der Waals surface area contributed by atoms with Gasteiger partial charge in [-0.1, -0.05) is 89.9 Å². The van der Waals surface area contributed by atoms with Crippen molar-refractivity contribution >= 4 is 104 Å². The summed E-state index contributed by atoms with van der Waals surface area (Å²) in [5.41, 5.74) is 7.04. The third-order valence-corrected chi connectivity index (χ3v) is 10.1. The second-order valence-electron chi connectivity index (χ2n) is 11.2. The molecule has 0 amide bonds. The number of thiophene rings is 1. The average molecular weight is 637 g/mol. The van der Waals surface area contributed by atoms with Gasteiger partial charge >= 0.3 is 0 Å². The molecule has 0 radical (unpaired) electrons. The summed E-state index contributed by atoms with van der Waals surface area (Å²) in [6, 6.07) is 48.8. The Morgan fingerprint density at radius 2 is 1.09 bits per heavy atom. The molecule has 214 valence electrons.